The van der Waals surface area contributed by atoms with Crippen LogP contribution >= 0.6 is 11.6 Å². The standard InChI is InChI=1S/C24H26ClF3N2O4S/c1-30(2)12-24(32)10-14-3-4-15(11-24)22(14)35(33,34)20-7-13(5-6-17(20)25)23(31)29-16-8-18(26)21(28)19(27)9-16/h5-9,14-15,22,32H,3-4,10-12H2,1-2H3,(H,29,31)/t14?,15?,22-,24-. The predicted molar refractivity (Wildman–Crippen MR) is 126 cm³/mol. The van der Waals surface area contributed by atoms with E-state index in [0.717, 1.165) is 6.07 Å². The molecule has 35 heavy (non-hydrogen) atoms. The molecule has 1 amide bonds. The van der Waals surface area contributed by atoms with Crippen LogP contribution in [0.4, 0.5) is 18.9 Å². The summed E-state index contributed by atoms with van der Waals surface area (Å²) in [6, 6.07) is 4.96. The fraction of sp³-hybridized carbons (Fsp3) is 0.458. The van der Waals surface area contributed by atoms with Gasteiger partial charge < -0.3 is 15.3 Å². The number of anilines is 1. The zero-order chi connectivity index (χ0) is 25.7. The minimum absolute atomic E-state index is 0.0473. The predicted octanol–water partition coefficient (Wildman–Crippen LogP) is 4.26. The Labute approximate surface area is 207 Å². The zero-order valence-electron chi connectivity index (χ0n) is 19.2. The van der Waals surface area contributed by atoms with Crippen molar-refractivity contribution in [2.45, 2.75) is 41.4 Å². The minimum Gasteiger partial charge on any atom is -0.389 e. The molecule has 2 unspecified atom stereocenters. The molecule has 0 saturated heterocycles. The molecule has 0 aromatic heterocycles. The van der Waals surface area contributed by atoms with Crippen LogP contribution < -0.4 is 5.32 Å². The monoisotopic (exact) mass is 530 g/mol. The number of aliphatic hydroxyl groups is 1. The van der Waals surface area contributed by atoms with Crippen LogP contribution in [0.3, 0.4) is 0 Å². The van der Waals surface area contributed by atoms with Gasteiger partial charge in [-0.3, -0.25) is 4.79 Å². The van der Waals surface area contributed by atoms with E-state index in [4.69, 9.17) is 11.6 Å². The molecule has 2 bridgehead atoms. The van der Waals surface area contributed by atoms with Crippen LogP contribution in [0.2, 0.25) is 5.02 Å². The van der Waals surface area contributed by atoms with Crippen molar-refractivity contribution in [1.29, 1.82) is 0 Å². The first-order valence-corrected chi connectivity index (χ1v) is 13.1. The number of carbonyl (C=O) groups excluding carboxylic acids is 1. The van der Waals surface area contributed by atoms with E-state index in [0.29, 0.717) is 44.4 Å². The highest BCUT2D eigenvalue weighted by Crippen LogP contribution is 2.51. The van der Waals surface area contributed by atoms with Gasteiger partial charge in [-0.2, -0.15) is 0 Å². The zero-order valence-corrected chi connectivity index (χ0v) is 20.8. The van der Waals surface area contributed by atoms with Crippen molar-refractivity contribution in [3.63, 3.8) is 0 Å². The maximum atomic E-state index is 13.7. The summed E-state index contributed by atoms with van der Waals surface area (Å²) in [5.74, 6) is -5.94. The first-order valence-electron chi connectivity index (χ1n) is 11.2. The molecule has 2 aliphatic rings. The minimum atomic E-state index is -3.96. The Morgan fingerprint density at radius 1 is 1.11 bits per heavy atom. The Bertz CT molecular complexity index is 1230. The number of rotatable bonds is 6. The van der Waals surface area contributed by atoms with Crippen molar-refractivity contribution in [3.05, 3.63) is 58.4 Å². The molecule has 190 valence electrons. The van der Waals surface area contributed by atoms with E-state index in [1.807, 2.05) is 19.0 Å². The first-order chi connectivity index (χ1) is 16.3. The Morgan fingerprint density at radius 2 is 1.69 bits per heavy atom. The topological polar surface area (TPSA) is 86.7 Å². The number of hydrogen-bond acceptors (Lipinski definition) is 5. The van der Waals surface area contributed by atoms with Crippen LogP contribution in [0.15, 0.2) is 35.2 Å². The fourth-order valence-corrected chi connectivity index (χ4v) is 8.54. The van der Waals surface area contributed by atoms with E-state index >= 15 is 0 Å². The van der Waals surface area contributed by atoms with E-state index in [9.17, 15) is 31.5 Å². The third-order valence-corrected chi connectivity index (χ3v) is 9.71. The number of amides is 1. The van der Waals surface area contributed by atoms with Gasteiger partial charge in [0.05, 0.1) is 20.8 Å². The first kappa shape index (κ1) is 25.9. The van der Waals surface area contributed by atoms with Gasteiger partial charge in [0.25, 0.3) is 5.91 Å². The summed E-state index contributed by atoms with van der Waals surface area (Å²) in [6.07, 6.45) is 2.05. The molecular weight excluding hydrogens is 505 g/mol. The normalized spacial score (nSPS) is 26.2. The lowest BCUT2D eigenvalue weighted by atomic mass is 9.77. The largest absolute Gasteiger partial charge is 0.389 e. The van der Waals surface area contributed by atoms with Crippen molar-refractivity contribution >= 4 is 33.0 Å². The third kappa shape index (κ3) is 5.07. The summed E-state index contributed by atoms with van der Waals surface area (Å²) < 4.78 is 67.6. The van der Waals surface area contributed by atoms with Crippen molar-refractivity contribution in [1.82, 2.24) is 4.90 Å². The van der Waals surface area contributed by atoms with Gasteiger partial charge in [0.1, 0.15) is 0 Å². The lowest BCUT2D eigenvalue weighted by Crippen LogP contribution is -2.50. The van der Waals surface area contributed by atoms with E-state index in [2.05, 4.69) is 5.32 Å². The molecule has 11 heteroatoms. The molecule has 2 saturated carbocycles. The smallest absolute Gasteiger partial charge is 0.255 e. The molecule has 0 heterocycles. The van der Waals surface area contributed by atoms with E-state index in [1.165, 1.54) is 12.1 Å². The molecule has 2 N–H and O–H groups in total. The number of fused-ring (bicyclic) bond motifs is 2. The lowest BCUT2D eigenvalue weighted by Gasteiger charge is -2.42. The van der Waals surface area contributed by atoms with Gasteiger partial charge in [-0.15, -0.1) is 0 Å². The number of carbonyl (C=O) groups is 1. The summed E-state index contributed by atoms with van der Waals surface area (Å²) in [5, 5.41) is 12.5. The molecule has 4 rings (SSSR count). The number of hydrogen-bond donors (Lipinski definition) is 2. The number of sulfone groups is 1. The fourth-order valence-electron chi connectivity index (χ4n) is 5.70. The van der Waals surface area contributed by atoms with Crippen LogP contribution in [-0.4, -0.2) is 55.8 Å². The molecule has 2 fully saturated rings. The lowest BCUT2D eigenvalue weighted by molar-refractivity contribution is -0.0363. The second-order valence-corrected chi connectivity index (χ2v) is 12.3. The SMILES string of the molecule is CN(C)C[C@]1(O)CC2CCC(C1)[C@H]2S(=O)(=O)c1cc(C(=O)Nc2cc(F)c(F)c(F)c2)ccc1Cl. The Kier molecular flexibility index (Phi) is 6.95. The van der Waals surface area contributed by atoms with Crippen LogP contribution in [0.25, 0.3) is 0 Å². The molecule has 0 spiro atoms. The summed E-state index contributed by atoms with van der Waals surface area (Å²) >= 11 is 6.26. The van der Waals surface area contributed by atoms with Gasteiger partial charge in [0, 0.05) is 29.9 Å². The van der Waals surface area contributed by atoms with E-state index in [-0.39, 0.29) is 33.0 Å². The number of benzene rings is 2. The summed E-state index contributed by atoms with van der Waals surface area (Å²) in [4.78, 5) is 14.4. The van der Waals surface area contributed by atoms with Gasteiger partial charge in [-0.05, 0) is 69.8 Å². The van der Waals surface area contributed by atoms with Crippen LogP contribution in [0.5, 0.6) is 0 Å². The maximum Gasteiger partial charge on any atom is 0.255 e. The molecule has 0 radical (unpaired) electrons. The van der Waals surface area contributed by atoms with E-state index < -0.39 is 44.0 Å². The molecule has 6 nitrogen and oxygen atoms in total. The highest BCUT2D eigenvalue weighted by Gasteiger charge is 2.54. The second-order valence-electron chi connectivity index (χ2n) is 9.83. The molecule has 2 atom stereocenters. The highest BCUT2D eigenvalue weighted by molar-refractivity contribution is 7.92. The Hall–Kier alpha value is -2.14. The van der Waals surface area contributed by atoms with Gasteiger partial charge in [-0.1, -0.05) is 11.6 Å². The Morgan fingerprint density at radius 3 is 2.23 bits per heavy atom. The molecule has 2 aromatic rings. The molecule has 2 aliphatic carbocycles. The Balaban J connectivity index is 1.61. The van der Waals surface area contributed by atoms with Crippen molar-refractivity contribution in [2.75, 3.05) is 26.0 Å². The number of likely N-dealkylation sites (N-methyl/N-ethyl adjacent to an activating group) is 1. The van der Waals surface area contributed by atoms with E-state index in [1.54, 1.807) is 0 Å². The number of halogens is 4. The van der Waals surface area contributed by atoms with Gasteiger partial charge in [-0.25, -0.2) is 21.6 Å². The van der Waals surface area contributed by atoms with Gasteiger partial charge in [0.2, 0.25) is 0 Å². The maximum absolute atomic E-state index is 13.7. The average Bonchev–Trinajstić information content (AvgIpc) is 3.04. The quantitative estimate of drug-likeness (QED) is 0.545. The van der Waals surface area contributed by atoms with Crippen molar-refractivity contribution < 1.29 is 31.5 Å². The van der Waals surface area contributed by atoms with Crippen LogP contribution in [-0.2, 0) is 9.84 Å². The van der Waals surface area contributed by atoms with Crippen LogP contribution in [0, 0.1) is 29.3 Å². The third-order valence-electron chi connectivity index (χ3n) is 6.83. The second kappa shape index (κ2) is 9.38. The average molecular weight is 531 g/mol. The summed E-state index contributed by atoms with van der Waals surface area (Å²) in [7, 11) is -0.252. The molecule has 2 aromatic carbocycles. The summed E-state index contributed by atoms with van der Waals surface area (Å²) in [6.45, 7) is 0.438. The number of nitrogens with one attached hydrogen (secondary N) is 1. The number of nitrogens with zero attached hydrogens (tertiary/aromatic N) is 1. The van der Waals surface area contributed by atoms with Gasteiger partial charge >= 0.3 is 0 Å². The molecule has 0 aliphatic heterocycles. The summed E-state index contributed by atoms with van der Waals surface area (Å²) in [5.41, 5.74) is -1.38. The van der Waals surface area contributed by atoms with Gasteiger partial charge in [0.15, 0.2) is 27.3 Å². The highest BCUT2D eigenvalue weighted by atomic mass is 35.5. The van der Waals surface area contributed by atoms with Crippen molar-refractivity contribution in [3.8, 4) is 0 Å². The molecular formula is C24H26ClF3N2O4S. The van der Waals surface area contributed by atoms with Crippen molar-refractivity contribution in [2.24, 2.45) is 11.8 Å². The van der Waals surface area contributed by atoms with Crippen LogP contribution in [0.1, 0.15) is 36.0 Å².